The number of anilines is 2. The van der Waals surface area contributed by atoms with Crippen molar-refractivity contribution in [2.45, 2.75) is 44.9 Å². The molecule has 1 atom stereocenters. The topological polar surface area (TPSA) is 88.7 Å². The number of benzene rings is 3. The summed E-state index contributed by atoms with van der Waals surface area (Å²) < 4.78 is 11.4. The van der Waals surface area contributed by atoms with E-state index in [0.717, 1.165) is 30.7 Å². The minimum absolute atomic E-state index is 0. The highest BCUT2D eigenvalue weighted by Gasteiger charge is 2.28. The second kappa shape index (κ2) is 12.4. The Hall–Kier alpha value is -3.55. The van der Waals surface area contributed by atoms with E-state index < -0.39 is 6.09 Å². The first kappa shape index (κ1) is 27.0. The van der Waals surface area contributed by atoms with Crippen molar-refractivity contribution in [1.29, 1.82) is 0 Å². The molecule has 1 unspecified atom stereocenters. The first-order valence-corrected chi connectivity index (χ1v) is 11.8. The standard InChI is InChI=1S/C28H31N3O4.ClH/c1-28(2)18-23(16-17-29-28)35-22-14-12-21(13-15-22)26(32)30-24-10-6-7-11-25(24)31-27(33)34-19-20-8-4-3-5-9-20;/h3-15,23,29H,16-19H2,1-2H3,(H,30,32)(H,31,33);1H. The smallest absolute Gasteiger partial charge is 0.412 e. The molecule has 1 fully saturated rings. The minimum Gasteiger partial charge on any atom is -0.490 e. The van der Waals surface area contributed by atoms with Crippen LogP contribution in [0.15, 0.2) is 78.9 Å². The molecule has 8 heteroatoms. The van der Waals surface area contributed by atoms with Gasteiger partial charge in [-0.1, -0.05) is 42.5 Å². The van der Waals surface area contributed by atoms with Crippen LogP contribution in [0, 0.1) is 0 Å². The Balaban J connectivity index is 0.00000361. The van der Waals surface area contributed by atoms with E-state index >= 15 is 0 Å². The Morgan fingerprint density at radius 3 is 2.22 bits per heavy atom. The zero-order valence-corrected chi connectivity index (χ0v) is 21.3. The predicted octanol–water partition coefficient (Wildman–Crippen LogP) is 6.02. The highest BCUT2D eigenvalue weighted by Crippen LogP contribution is 2.25. The van der Waals surface area contributed by atoms with Gasteiger partial charge < -0.3 is 20.1 Å². The summed E-state index contributed by atoms with van der Waals surface area (Å²) in [4.78, 5) is 25.1. The lowest BCUT2D eigenvalue weighted by Crippen LogP contribution is -2.49. The molecular formula is C28H32ClN3O4. The maximum Gasteiger partial charge on any atom is 0.412 e. The molecule has 2 amide bonds. The number of para-hydroxylation sites is 2. The number of nitrogens with one attached hydrogen (secondary N) is 3. The van der Waals surface area contributed by atoms with E-state index in [1.54, 1.807) is 36.4 Å². The van der Waals surface area contributed by atoms with Crippen molar-refractivity contribution in [2.24, 2.45) is 0 Å². The third-order valence-electron chi connectivity index (χ3n) is 5.85. The third-order valence-corrected chi connectivity index (χ3v) is 5.85. The molecule has 0 bridgehead atoms. The summed E-state index contributed by atoms with van der Waals surface area (Å²) >= 11 is 0. The van der Waals surface area contributed by atoms with Crippen LogP contribution in [0.3, 0.4) is 0 Å². The highest BCUT2D eigenvalue weighted by molar-refractivity contribution is 6.06. The van der Waals surface area contributed by atoms with E-state index in [0.29, 0.717) is 16.9 Å². The van der Waals surface area contributed by atoms with Crippen molar-refractivity contribution < 1.29 is 19.1 Å². The summed E-state index contributed by atoms with van der Waals surface area (Å²) in [6, 6.07) is 23.5. The van der Waals surface area contributed by atoms with Crippen LogP contribution in [0.5, 0.6) is 5.75 Å². The average molecular weight is 510 g/mol. The molecule has 1 heterocycles. The van der Waals surface area contributed by atoms with E-state index in [1.807, 2.05) is 42.5 Å². The fraction of sp³-hybridized carbons (Fsp3) is 0.286. The minimum atomic E-state index is -0.599. The van der Waals surface area contributed by atoms with Gasteiger partial charge in [-0.25, -0.2) is 4.79 Å². The Labute approximate surface area is 218 Å². The van der Waals surface area contributed by atoms with Crippen molar-refractivity contribution in [2.75, 3.05) is 17.2 Å². The lowest BCUT2D eigenvalue weighted by molar-refractivity contribution is 0.102. The van der Waals surface area contributed by atoms with Gasteiger partial charge in [0.2, 0.25) is 0 Å². The number of piperidine rings is 1. The number of carbonyl (C=O) groups is 2. The molecule has 36 heavy (non-hydrogen) atoms. The Morgan fingerprint density at radius 1 is 0.917 bits per heavy atom. The number of hydrogen-bond acceptors (Lipinski definition) is 5. The van der Waals surface area contributed by atoms with Gasteiger partial charge in [0, 0.05) is 17.5 Å². The van der Waals surface area contributed by atoms with Gasteiger partial charge in [0.1, 0.15) is 18.5 Å². The third kappa shape index (κ3) is 7.73. The van der Waals surface area contributed by atoms with Crippen LogP contribution < -0.4 is 20.7 Å². The second-order valence-electron chi connectivity index (χ2n) is 9.25. The number of halogens is 1. The molecule has 1 aliphatic rings. The zero-order chi connectivity index (χ0) is 24.7. The molecule has 0 radical (unpaired) electrons. The molecule has 3 N–H and O–H groups in total. The molecule has 1 aliphatic heterocycles. The van der Waals surface area contributed by atoms with Crippen molar-refractivity contribution in [1.82, 2.24) is 5.32 Å². The number of carbonyl (C=O) groups excluding carboxylic acids is 2. The van der Waals surface area contributed by atoms with Crippen LogP contribution >= 0.6 is 12.4 Å². The van der Waals surface area contributed by atoms with Gasteiger partial charge in [-0.3, -0.25) is 10.1 Å². The molecule has 190 valence electrons. The molecule has 0 spiro atoms. The SMILES string of the molecule is CC1(C)CC(Oc2ccc(C(=O)Nc3ccccc3NC(=O)OCc3ccccc3)cc2)CCN1.Cl. The molecule has 4 rings (SSSR count). The van der Waals surface area contributed by atoms with Crippen molar-refractivity contribution in [3.8, 4) is 5.75 Å². The zero-order valence-electron chi connectivity index (χ0n) is 20.5. The molecule has 1 saturated heterocycles. The van der Waals surface area contributed by atoms with Crippen LogP contribution in [0.1, 0.15) is 42.6 Å². The summed E-state index contributed by atoms with van der Waals surface area (Å²) in [6.07, 6.45) is 1.42. The summed E-state index contributed by atoms with van der Waals surface area (Å²) in [6.45, 7) is 5.42. The fourth-order valence-electron chi connectivity index (χ4n) is 4.06. The monoisotopic (exact) mass is 509 g/mol. The van der Waals surface area contributed by atoms with Crippen molar-refractivity contribution in [3.05, 3.63) is 90.0 Å². The predicted molar refractivity (Wildman–Crippen MR) is 144 cm³/mol. The van der Waals surface area contributed by atoms with Crippen molar-refractivity contribution >= 4 is 35.8 Å². The molecule has 0 aliphatic carbocycles. The number of rotatable bonds is 7. The number of amides is 2. The molecule has 3 aromatic carbocycles. The lowest BCUT2D eigenvalue weighted by atomic mass is 9.91. The van der Waals surface area contributed by atoms with Gasteiger partial charge in [-0.2, -0.15) is 0 Å². The van der Waals surface area contributed by atoms with Gasteiger partial charge in [-0.05, 0) is 68.8 Å². The molecule has 0 saturated carbocycles. The van der Waals surface area contributed by atoms with Gasteiger partial charge >= 0.3 is 6.09 Å². The first-order chi connectivity index (χ1) is 16.9. The Bertz CT molecular complexity index is 1150. The van der Waals surface area contributed by atoms with Crippen molar-refractivity contribution in [3.63, 3.8) is 0 Å². The molecule has 7 nitrogen and oxygen atoms in total. The average Bonchev–Trinajstić information content (AvgIpc) is 2.84. The van der Waals surface area contributed by atoms with Crippen LogP contribution in [-0.4, -0.2) is 30.2 Å². The largest absolute Gasteiger partial charge is 0.490 e. The van der Waals surface area contributed by atoms with E-state index in [-0.39, 0.29) is 36.6 Å². The van der Waals surface area contributed by atoms with Crippen LogP contribution in [0.2, 0.25) is 0 Å². The Kier molecular flexibility index (Phi) is 9.33. The van der Waals surface area contributed by atoms with Crippen LogP contribution in [0.25, 0.3) is 0 Å². The molecular weight excluding hydrogens is 478 g/mol. The summed E-state index contributed by atoms with van der Waals surface area (Å²) in [5.74, 6) is 0.457. The Morgan fingerprint density at radius 2 is 1.56 bits per heavy atom. The number of hydrogen-bond donors (Lipinski definition) is 3. The van der Waals surface area contributed by atoms with E-state index in [2.05, 4.69) is 29.8 Å². The summed E-state index contributed by atoms with van der Waals surface area (Å²) in [5.41, 5.74) is 2.36. The van der Waals surface area contributed by atoms with Gasteiger partial charge in [-0.15, -0.1) is 12.4 Å². The molecule has 0 aromatic heterocycles. The quantitative estimate of drug-likeness (QED) is 0.362. The van der Waals surface area contributed by atoms with E-state index in [9.17, 15) is 9.59 Å². The first-order valence-electron chi connectivity index (χ1n) is 11.8. The van der Waals surface area contributed by atoms with E-state index in [1.165, 1.54) is 0 Å². The maximum absolute atomic E-state index is 12.8. The summed E-state index contributed by atoms with van der Waals surface area (Å²) in [5, 5.41) is 9.04. The van der Waals surface area contributed by atoms with E-state index in [4.69, 9.17) is 9.47 Å². The number of ether oxygens (including phenoxy) is 2. The molecule has 3 aromatic rings. The summed E-state index contributed by atoms with van der Waals surface area (Å²) in [7, 11) is 0. The lowest BCUT2D eigenvalue weighted by Gasteiger charge is -2.36. The van der Waals surface area contributed by atoms with Gasteiger partial charge in [0.15, 0.2) is 0 Å². The van der Waals surface area contributed by atoms with Crippen LogP contribution in [-0.2, 0) is 11.3 Å². The van der Waals surface area contributed by atoms with Gasteiger partial charge in [0.05, 0.1) is 11.4 Å². The normalized spacial score (nSPS) is 16.2. The maximum atomic E-state index is 12.8. The second-order valence-corrected chi connectivity index (χ2v) is 9.25. The fourth-order valence-corrected chi connectivity index (χ4v) is 4.06. The van der Waals surface area contributed by atoms with Gasteiger partial charge in [0.25, 0.3) is 5.91 Å². The highest BCUT2D eigenvalue weighted by atomic mass is 35.5. The van der Waals surface area contributed by atoms with Crippen LogP contribution in [0.4, 0.5) is 16.2 Å².